The molecule has 0 aliphatic rings. The SMILES string of the molecule is OCC(COCCOO)OCCOO. The van der Waals surface area contributed by atoms with E-state index >= 15 is 0 Å². The van der Waals surface area contributed by atoms with Crippen LogP contribution >= 0.6 is 0 Å². The summed E-state index contributed by atoms with van der Waals surface area (Å²) < 4.78 is 10.0. The Bertz CT molecular complexity index is 110. The molecule has 0 aromatic rings. The van der Waals surface area contributed by atoms with E-state index in [1.54, 1.807) is 0 Å². The van der Waals surface area contributed by atoms with Crippen LogP contribution in [0, 0.1) is 0 Å². The molecule has 0 fully saturated rings. The van der Waals surface area contributed by atoms with Crippen molar-refractivity contribution in [3.05, 3.63) is 0 Å². The molecule has 0 aliphatic carbocycles. The van der Waals surface area contributed by atoms with Gasteiger partial charge in [-0.2, -0.15) is 0 Å². The van der Waals surface area contributed by atoms with E-state index in [1.807, 2.05) is 0 Å². The minimum absolute atomic E-state index is 0.0379. The van der Waals surface area contributed by atoms with Crippen LogP contribution in [0.15, 0.2) is 0 Å². The van der Waals surface area contributed by atoms with Crippen molar-refractivity contribution < 1.29 is 34.9 Å². The third-order valence-corrected chi connectivity index (χ3v) is 1.35. The van der Waals surface area contributed by atoms with Crippen LogP contribution in [0.25, 0.3) is 0 Å². The highest BCUT2D eigenvalue weighted by Gasteiger charge is 2.07. The van der Waals surface area contributed by atoms with Crippen LogP contribution in [0.2, 0.25) is 0 Å². The van der Waals surface area contributed by atoms with Gasteiger partial charge < -0.3 is 14.6 Å². The third kappa shape index (κ3) is 8.32. The Morgan fingerprint density at radius 1 is 0.929 bits per heavy atom. The van der Waals surface area contributed by atoms with Gasteiger partial charge in [-0.15, -0.1) is 0 Å². The summed E-state index contributed by atoms with van der Waals surface area (Å²) >= 11 is 0. The van der Waals surface area contributed by atoms with E-state index in [4.69, 9.17) is 25.1 Å². The zero-order valence-corrected chi connectivity index (χ0v) is 7.79. The van der Waals surface area contributed by atoms with Gasteiger partial charge in [0.2, 0.25) is 0 Å². The van der Waals surface area contributed by atoms with E-state index in [2.05, 4.69) is 9.78 Å². The molecule has 3 N–H and O–H groups in total. The molecular formula is C7H16O7. The Kier molecular flexibility index (Phi) is 10.6. The van der Waals surface area contributed by atoms with Crippen molar-refractivity contribution >= 4 is 0 Å². The summed E-state index contributed by atoms with van der Waals surface area (Å²) in [5.41, 5.74) is 0. The van der Waals surface area contributed by atoms with Crippen LogP contribution in [-0.4, -0.2) is 61.4 Å². The molecule has 0 aromatic heterocycles. The van der Waals surface area contributed by atoms with Gasteiger partial charge in [0.1, 0.15) is 19.3 Å². The molecule has 0 radical (unpaired) electrons. The number of hydrogen-bond acceptors (Lipinski definition) is 7. The van der Waals surface area contributed by atoms with Gasteiger partial charge in [0, 0.05) is 0 Å². The highest BCUT2D eigenvalue weighted by Crippen LogP contribution is 1.92. The summed E-state index contributed by atoms with van der Waals surface area (Å²) in [4.78, 5) is 7.55. The lowest BCUT2D eigenvalue weighted by Gasteiger charge is -2.14. The molecule has 14 heavy (non-hydrogen) atoms. The van der Waals surface area contributed by atoms with E-state index in [1.165, 1.54) is 0 Å². The Morgan fingerprint density at radius 3 is 2.14 bits per heavy atom. The second-order valence-electron chi connectivity index (χ2n) is 2.42. The molecule has 0 bridgehead atoms. The number of rotatable bonds is 10. The van der Waals surface area contributed by atoms with E-state index in [0.29, 0.717) is 0 Å². The van der Waals surface area contributed by atoms with Gasteiger partial charge in [-0.25, -0.2) is 9.78 Å². The molecule has 7 heteroatoms. The average molecular weight is 212 g/mol. The molecule has 0 saturated heterocycles. The number of ether oxygens (including phenoxy) is 2. The zero-order chi connectivity index (χ0) is 10.6. The van der Waals surface area contributed by atoms with E-state index in [0.717, 1.165) is 0 Å². The molecule has 0 heterocycles. The number of aliphatic hydroxyl groups excluding tert-OH is 1. The number of hydrogen-bond donors (Lipinski definition) is 3. The standard InChI is InChI=1S/C7H16O7/c8-5-7(12-2-4-14-10)6-11-1-3-13-9/h7-10H,1-6H2. The fraction of sp³-hybridized carbons (Fsp3) is 1.00. The summed E-state index contributed by atoms with van der Waals surface area (Å²) in [6.07, 6.45) is -0.469. The Morgan fingerprint density at radius 2 is 1.57 bits per heavy atom. The van der Waals surface area contributed by atoms with Crippen LogP contribution in [-0.2, 0) is 19.2 Å². The fourth-order valence-electron chi connectivity index (χ4n) is 0.717. The van der Waals surface area contributed by atoms with Gasteiger partial charge in [0.25, 0.3) is 0 Å². The lowest BCUT2D eigenvalue weighted by molar-refractivity contribution is -0.255. The normalized spacial score (nSPS) is 13.1. The van der Waals surface area contributed by atoms with Gasteiger partial charge in [-0.1, -0.05) is 0 Å². The lowest BCUT2D eigenvalue weighted by atomic mass is 10.4. The van der Waals surface area contributed by atoms with Crippen molar-refractivity contribution in [1.29, 1.82) is 0 Å². The third-order valence-electron chi connectivity index (χ3n) is 1.35. The zero-order valence-electron chi connectivity index (χ0n) is 7.79. The molecular weight excluding hydrogens is 196 g/mol. The largest absolute Gasteiger partial charge is 0.394 e. The smallest absolute Gasteiger partial charge is 0.105 e. The van der Waals surface area contributed by atoms with Crippen molar-refractivity contribution in [1.82, 2.24) is 0 Å². The van der Waals surface area contributed by atoms with Crippen molar-refractivity contribution in [2.24, 2.45) is 0 Å². The first-order chi connectivity index (χ1) is 6.85. The molecule has 1 atom stereocenters. The first-order valence-corrected chi connectivity index (χ1v) is 4.18. The molecule has 7 nitrogen and oxygen atoms in total. The maximum atomic E-state index is 8.79. The quantitative estimate of drug-likeness (QED) is 0.252. The molecule has 0 aromatic carbocycles. The Hall–Kier alpha value is -0.280. The van der Waals surface area contributed by atoms with Gasteiger partial charge in [-0.3, -0.25) is 10.5 Å². The van der Waals surface area contributed by atoms with Crippen LogP contribution in [0.4, 0.5) is 0 Å². The first kappa shape index (κ1) is 13.7. The fourth-order valence-corrected chi connectivity index (χ4v) is 0.717. The van der Waals surface area contributed by atoms with Crippen molar-refractivity contribution in [3.8, 4) is 0 Å². The molecule has 0 rings (SSSR count). The summed E-state index contributed by atoms with van der Waals surface area (Å²) in [6, 6.07) is 0. The second kappa shape index (κ2) is 10.8. The Labute approximate surface area is 81.6 Å². The summed E-state index contributed by atoms with van der Waals surface area (Å²) in [6.45, 7) is 0.485. The van der Waals surface area contributed by atoms with Crippen LogP contribution in [0.3, 0.4) is 0 Å². The lowest BCUT2D eigenvalue weighted by Crippen LogP contribution is -2.26. The second-order valence-corrected chi connectivity index (χ2v) is 2.42. The molecule has 86 valence electrons. The minimum atomic E-state index is -0.469. The summed E-state index contributed by atoms with van der Waals surface area (Å²) in [5, 5.41) is 24.7. The number of aliphatic hydroxyl groups is 1. The van der Waals surface area contributed by atoms with Gasteiger partial charge >= 0.3 is 0 Å². The van der Waals surface area contributed by atoms with Crippen LogP contribution < -0.4 is 0 Å². The average Bonchev–Trinajstić information content (AvgIpc) is 2.22. The van der Waals surface area contributed by atoms with Gasteiger partial charge in [-0.05, 0) is 0 Å². The van der Waals surface area contributed by atoms with Crippen molar-refractivity contribution in [2.75, 3.05) is 39.6 Å². The van der Waals surface area contributed by atoms with E-state index in [9.17, 15) is 0 Å². The van der Waals surface area contributed by atoms with Crippen molar-refractivity contribution in [3.63, 3.8) is 0 Å². The minimum Gasteiger partial charge on any atom is -0.394 e. The maximum Gasteiger partial charge on any atom is 0.105 e. The highest BCUT2D eigenvalue weighted by molar-refractivity contribution is 4.53. The van der Waals surface area contributed by atoms with Crippen LogP contribution in [0.5, 0.6) is 0 Å². The summed E-state index contributed by atoms with van der Waals surface area (Å²) in [7, 11) is 0. The molecule has 0 aliphatic heterocycles. The van der Waals surface area contributed by atoms with E-state index in [-0.39, 0.29) is 39.6 Å². The molecule has 1 unspecified atom stereocenters. The molecule has 0 amide bonds. The van der Waals surface area contributed by atoms with Gasteiger partial charge in [0.15, 0.2) is 0 Å². The highest BCUT2D eigenvalue weighted by atomic mass is 17.1. The topological polar surface area (TPSA) is 97.6 Å². The first-order valence-electron chi connectivity index (χ1n) is 4.18. The van der Waals surface area contributed by atoms with Crippen molar-refractivity contribution in [2.45, 2.75) is 6.10 Å². The summed E-state index contributed by atoms with van der Waals surface area (Å²) in [5.74, 6) is 0. The van der Waals surface area contributed by atoms with Gasteiger partial charge in [0.05, 0.1) is 26.4 Å². The maximum absolute atomic E-state index is 8.79. The molecule has 0 saturated carbocycles. The monoisotopic (exact) mass is 212 g/mol. The van der Waals surface area contributed by atoms with Crippen LogP contribution in [0.1, 0.15) is 0 Å². The Balaban J connectivity index is 3.28. The predicted molar refractivity (Wildman–Crippen MR) is 44.8 cm³/mol. The van der Waals surface area contributed by atoms with E-state index < -0.39 is 6.10 Å². The predicted octanol–water partition coefficient (Wildman–Crippen LogP) is -0.640. The molecule has 0 spiro atoms.